The minimum atomic E-state index is -3.43. The van der Waals surface area contributed by atoms with E-state index in [1.807, 2.05) is 20.8 Å². The summed E-state index contributed by atoms with van der Waals surface area (Å²) in [7, 11) is -3.43. The molecular weight excluding hydrogens is 316 g/mol. The van der Waals surface area contributed by atoms with Crippen LogP contribution in [0.5, 0.6) is 0 Å². The van der Waals surface area contributed by atoms with E-state index in [1.165, 1.54) is 12.3 Å². The first-order valence-electron chi connectivity index (χ1n) is 7.79. The number of aromatic nitrogens is 1. The Morgan fingerprint density at radius 3 is 2.74 bits per heavy atom. The smallest absolute Gasteiger partial charge is 0.410 e. The third-order valence-corrected chi connectivity index (χ3v) is 5.37. The topological polar surface area (TPSA) is 76.6 Å². The van der Waals surface area contributed by atoms with Crippen LogP contribution in [0.15, 0.2) is 29.4 Å². The van der Waals surface area contributed by atoms with Crippen LogP contribution in [0.3, 0.4) is 0 Å². The normalized spacial score (nSPS) is 19.4. The number of nitrogens with zero attached hydrogens (tertiary/aromatic N) is 2. The van der Waals surface area contributed by atoms with Crippen LogP contribution < -0.4 is 0 Å². The van der Waals surface area contributed by atoms with Gasteiger partial charge in [0.1, 0.15) is 5.60 Å². The molecule has 0 N–H and O–H groups in total. The third kappa shape index (κ3) is 5.20. The summed E-state index contributed by atoms with van der Waals surface area (Å²) < 4.78 is 30.2. The number of sulfone groups is 1. The second-order valence-corrected chi connectivity index (χ2v) is 8.87. The summed E-state index contributed by atoms with van der Waals surface area (Å²) >= 11 is 0. The molecule has 1 aliphatic rings. The van der Waals surface area contributed by atoms with Crippen molar-refractivity contribution in [2.75, 3.05) is 18.8 Å². The number of carbonyl (C=O) groups is 1. The fourth-order valence-corrected chi connectivity index (χ4v) is 4.19. The number of ether oxygens (including phenoxy) is 1. The van der Waals surface area contributed by atoms with E-state index in [0.29, 0.717) is 13.1 Å². The molecule has 1 aromatic rings. The molecule has 2 rings (SSSR count). The number of rotatable bonds is 3. The van der Waals surface area contributed by atoms with Crippen molar-refractivity contribution in [2.24, 2.45) is 5.92 Å². The summed E-state index contributed by atoms with van der Waals surface area (Å²) in [5.41, 5.74) is -0.552. The zero-order valence-electron chi connectivity index (χ0n) is 13.9. The molecule has 1 fully saturated rings. The van der Waals surface area contributed by atoms with Gasteiger partial charge < -0.3 is 9.64 Å². The molecule has 0 radical (unpaired) electrons. The number of piperidine rings is 1. The van der Waals surface area contributed by atoms with Gasteiger partial charge in [-0.2, -0.15) is 0 Å². The highest BCUT2D eigenvalue weighted by atomic mass is 32.2. The van der Waals surface area contributed by atoms with E-state index >= 15 is 0 Å². The van der Waals surface area contributed by atoms with Crippen molar-refractivity contribution in [3.8, 4) is 0 Å². The van der Waals surface area contributed by atoms with Gasteiger partial charge in [-0.05, 0) is 51.7 Å². The lowest BCUT2D eigenvalue weighted by Gasteiger charge is -2.33. The lowest BCUT2D eigenvalue weighted by molar-refractivity contribution is 0.0176. The average Bonchev–Trinajstić information content (AvgIpc) is 2.46. The van der Waals surface area contributed by atoms with Gasteiger partial charge in [-0.25, -0.2) is 18.2 Å². The third-order valence-electron chi connectivity index (χ3n) is 3.58. The van der Waals surface area contributed by atoms with Crippen molar-refractivity contribution in [2.45, 2.75) is 44.2 Å². The number of pyridine rings is 1. The maximum Gasteiger partial charge on any atom is 0.410 e. The minimum absolute atomic E-state index is 0.00328. The standard InChI is InChI=1S/C16H24N2O4S/c1-16(2,3)22-15(19)18-10-6-7-13(11-18)12-23(20,21)14-8-4-5-9-17-14/h4-5,8-9,13H,6-7,10-12H2,1-3H3. The predicted octanol–water partition coefficient (Wildman–Crippen LogP) is 2.50. The van der Waals surface area contributed by atoms with Gasteiger partial charge >= 0.3 is 6.09 Å². The van der Waals surface area contributed by atoms with Gasteiger partial charge in [0.05, 0.1) is 5.75 Å². The van der Waals surface area contributed by atoms with Gasteiger partial charge in [-0.15, -0.1) is 0 Å². The van der Waals surface area contributed by atoms with E-state index in [1.54, 1.807) is 17.0 Å². The van der Waals surface area contributed by atoms with Gasteiger partial charge in [-0.3, -0.25) is 0 Å². The van der Waals surface area contributed by atoms with Gasteiger partial charge in [0, 0.05) is 19.3 Å². The van der Waals surface area contributed by atoms with E-state index in [4.69, 9.17) is 4.74 Å². The molecule has 2 heterocycles. The first-order chi connectivity index (χ1) is 10.7. The highest BCUT2D eigenvalue weighted by molar-refractivity contribution is 7.91. The molecule has 1 amide bonds. The van der Waals surface area contributed by atoms with Crippen LogP contribution in [-0.4, -0.2) is 48.8 Å². The Bertz CT molecular complexity index is 638. The van der Waals surface area contributed by atoms with Crippen LogP contribution in [0.4, 0.5) is 4.79 Å². The molecule has 1 aromatic heterocycles. The minimum Gasteiger partial charge on any atom is -0.444 e. The average molecular weight is 340 g/mol. The summed E-state index contributed by atoms with van der Waals surface area (Å²) in [5, 5.41) is 0.0920. The van der Waals surface area contributed by atoms with Crippen LogP contribution in [-0.2, 0) is 14.6 Å². The van der Waals surface area contributed by atoms with Gasteiger partial charge in [0.15, 0.2) is 14.9 Å². The van der Waals surface area contributed by atoms with Crippen molar-refractivity contribution in [1.29, 1.82) is 0 Å². The van der Waals surface area contributed by atoms with E-state index in [-0.39, 0.29) is 22.8 Å². The molecule has 0 saturated carbocycles. The van der Waals surface area contributed by atoms with Crippen molar-refractivity contribution < 1.29 is 17.9 Å². The highest BCUT2D eigenvalue weighted by Crippen LogP contribution is 2.22. The lowest BCUT2D eigenvalue weighted by atomic mass is 10.0. The fraction of sp³-hybridized carbons (Fsp3) is 0.625. The molecule has 0 aliphatic carbocycles. The number of hydrogen-bond acceptors (Lipinski definition) is 5. The predicted molar refractivity (Wildman–Crippen MR) is 86.8 cm³/mol. The summed E-state index contributed by atoms with van der Waals surface area (Å²) in [5.74, 6) is -0.0909. The number of hydrogen-bond donors (Lipinski definition) is 0. The van der Waals surface area contributed by atoms with Crippen molar-refractivity contribution in [1.82, 2.24) is 9.88 Å². The zero-order chi connectivity index (χ0) is 17.1. The zero-order valence-corrected chi connectivity index (χ0v) is 14.7. The molecule has 0 bridgehead atoms. The largest absolute Gasteiger partial charge is 0.444 e. The Balaban J connectivity index is 2.00. The number of carbonyl (C=O) groups excluding carboxylic acids is 1. The molecule has 23 heavy (non-hydrogen) atoms. The molecule has 6 nitrogen and oxygen atoms in total. The monoisotopic (exact) mass is 340 g/mol. The second kappa shape index (κ2) is 6.86. The second-order valence-electron chi connectivity index (χ2n) is 6.88. The molecule has 0 aromatic carbocycles. The van der Waals surface area contributed by atoms with Crippen molar-refractivity contribution in [3.05, 3.63) is 24.4 Å². The summed E-state index contributed by atoms with van der Waals surface area (Å²) in [4.78, 5) is 17.7. The first-order valence-corrected chi connectivity index (χ1v) is 9.44. The summed E-state index contributed by atoms with van der Waals surface area (Å²) in [6.07, 6.45) is 2.66. The summed E-state index contributed by atoms with van der Waals surface area (Å²) in [6, 6.07) is 4.85. The maximum absolute atomic E-state index is 12.4. The van der Waals surface area contributed by atoms with Crippen LogP contribution >= 0.6 is 0 Å². The van der Waals surface area contributed by atoms with Crippen LogP contribution in [0.25, 0.3) is 0 Å². The molecular formula is C16H24N2O4S. The molecule has 1 saturated heterocycles. The first kappa shape index (κ1) is 17.7. The van der Waals surface area contributed by atoms with Crippen LogP contribution in [0.2, 0.25) is 0 Å². The van der Waals surface area contributed by atoms with Crippen molar-refractivity contribution >= 4 is 15.9 Å². The molecule has 0 spiro atoms. The molecule has 128 valence electrons. The maximum atomic E-state index is 12.4. The number of amides is 1. The van der Waals surface area contributed by atoms with Crippen LogP contribution in [0.1, 0.15) is 33.6 Å². The quantitative estimate of drug-likeness (QED) is 0.845. The molecule has 1 aliphatic heterocycles. The Morgan fingerprint density at radius 1 is 1.39 bits per heavy atom. The van der Waals surface area contributed by atoms with Crippen molar-refractivity contribution in [3.63, 3.8) is 0 Å². The Labute approximate surface area is 137 Å². The Hall–Kier alpha value is -1.63. The van der Waals surface area contributed by atoms with E-state index in [2.05, 4.69) is 4.98 Å². The lowest BCUT2D eigenvalue weighted by Crippen LogP contribution is -2.44. The highest BCUT2D eigenvalue weighted by Gasteiger charge is 2.30. The van der Waals surface area contributed by atoms with Gasteiger partial charge in [-0.1, -0.05) is 6.07 Å². The van der Waals surface area contributed by atoms with Gasteiger partial charge in [0.25, 0.3) is 0 Å². The molecule has 1 atom stereocenters. The van der Waals surface area contributed by atoms with E-state index in [9.17, 15) is 13.2 Å². The number of likely N-dealkylation sites (tertiary alicyclic amines) is 1. The Morgan fingerprint density at radius 2 is 2.13 bits per heavy atom. The van der Waals surface area contributed by atoms with Crippen LogP contribution in [0, 0.1) is 5.92 Å². The Kier molecular flexibility index (Phi) is 5.29. The van der Waals surface area contributed by atoms with E-state index in [0.717, 1.165) is 12.8 Å². The van der Waals surface area contributed by atoms with Gasteiger partial charge in [0.2, 0.25) is 0 Å². The van der Waals surface area contributed by atoms with E-state index < -0.39 is 15.4 Å². The molecule has 7 heteroatoms. The molecule has 1 unspecified atom stereocenters. The fourth-order valence-electron chi connectivity index (χ4n) is 2.62. The summed E-state index contributed by atoms with van der Waals surface area (Å²) in [6.45, 7) is 6.46. The SMILES string of the molecule is CC(C)(C)OC(=O)N1CCCC(CS(=O)(=O)c2ccccn2)C1.